The molecule has 61 heavy (non-hydrogen) atoms. The molecule has 0 bridgehead atoms. The summed E-state index contributed by atoms with van der Waals surface area (Å²) in [6.07, 6.45) is 9.07. The van der Waals surface area contributed by atoms with E-state index in [0.29, 0.717) is 5.92 Å². The lowest BCUT2D eigenvalue weighted by molar-refractivity contribution is 0.745. The average molecular weight is 779 g/mol. The molecule has 0 fully saturated rings. The third-order valence-electron chi connectivity index (χ3n) is 13.3. The van der Waals surface area contributed by atoms with Gasteiger partial charge in [0.25, 0.3) is 0 Å². The predicted molar refractivity (Wildman–Crippen MR) is 255 cm³/mol. The second-order valence-corrected chi connectivity index (χ2v) is 16.4. The molecule has 0 radical (unpaired) electrons. The molecule has 0 saturated heterocycles. The molecular weight excluding hydrogens is 737 g/mol. The van der Waals surface area contributed by atoms with E-state index in [-0.39, 0.29) is 6.04 Å². The van der Waals surface area contributed by atoms with Crippen molar-refractivity contribution in [2.45, 2.75) is 17.4 Å². The van der Waals surface area contributed by atoms with E-state index in [1.807, 2.05) is 0 Å². The van der Waals surface area contributed by atoms with Crippen LogP contribution in [0, 0.1) is 0 Å². The van der Waals surface area contributed by atoms with Crippen LogP contribution in [0.5, 0.6) is 0 Å². The first-order chi connectivity index (χ1) is 30.3. The largest absolute Gasteiger partial charge is 0.333 e. The van der Waals surface area contributed by atoms with Gasteiger partial charge in [-0.1, -0.05) is 194 Å². The molecule has 1 aliphatic heterocycles. The molecule has 0 N–H and O–H groups in total. The van der Waals surface area contributed by atoms with Gasteiger partial charge in [0.1, 0.15) is 0 Å². The Morgan fingerprint density at radius 2 is 0.967 bits per heavy atom. The van der Waals surface area contributed by atoms with Crippen LogP contribution in [0.25, 0.3) is 33.0 Å². The number of nitrogens with zero attached hydrogens (tertiary/aromatic N) is 2. The van der Waals surface area contributed by atoms with Gasteiger partial charge >= 0.3 is 0 Å². The topological polar surface area (TPSA) is 6.48 Å². The summed E-state index contributed by atoms with van der Waals surface area (Å²) >= 11 is 0. The summed E-state index contributed by atoms with van der Waals surface area (Å²) in [5, 5.41) is 2.43. The van der Waals surface area contributed by atoms with Gasteiger partial charge < -0.3 is 9.80 Å². The Morgan fingerprint density at radius 3 is 1.69 bits per heavy atom. The maximum absolute atomic E-state index is 2.51. The highest BCUT2D eigenvalue weighted by Crippen LogP contribution is 2.56. The molecule has 12 rings (SSSR count). The lowest BCUT2D eigenvalue weighted by Gasteiger charge is -2.34. The third-order valence-corrected chi connectivity index (χ3v) is 13.3. The van der Waals surface area contributed by atoms with Gasteiger partial charge in [-0.2, -0.15) is 0 Å². The van der Waals surface area contributed by atoms with Crippen LogP contribution in [0.2, 0.25) is 0 Å². The van der Waals surface area contributed by atoms with E-state index in [0.717, 1.165) is 17.1 Å². The van der Waals surface area contributed by atoms with Crippen molar-refractivity contribution in [1.29, 1.82) is 0 Å². The molecule has 2 aliphatic carbocycles. The SMILES string of the molecule is C1=CC2c3ccccc3N(c3ccc(N(c4ccc(C5(c6ccccc6)c6ccccc6-c6ccccc65)cc4)c4ccc(-c5ccccc5)c5ccccc45)cc3)C2C=C1. The van der Waals surface area contributed by atoms with Gasteiger partial charge in [0.2, 0.25) is 0 Å². The van der Waals surface area contributed by atoms with Crippen LogP contribution in [0.4, 0.5) is 28.4 Å². The van der Waals surface area contributed by atoms with Gasteiger partial charge in [0.05, 0.1) is 17.1 Å². The molecule has 0 aromatic heterocycles. The fraction of sp³-hybridized carbons (Fsp3) is 0.0508. The number of allylic oxidation sites excluding steroid dienone is 2. The van der Waals surface area contributed by atoms with E-state index in [4.69, 9.17) is 0 Å². The second-order valence-electron chi connectivity index (χ2n) is 16.4. The summed E-state index contributed by atoms with van der Waals surface area (Å²) in [6.45, 7) is 0. The minimum Gasteiger partial charge on any atom is -0.333 e. The maximum Gasteiger partial charge on any atom is 0.0713 e. The van der Waals surface area contributed by atoms with Gasteiger partial charge in [0, 0.05) is 34.1 Å². The summed E-state index contributed by atoms with van der Waals surface area (Å²) in [4.78, 5) is 4.95. The molecular formula is C59H42N2. The molecule has 0 saturated carbocycles. The third kappa shape index (κ3) is 5.42. The Hall–Kier alpha value is -7.68. The molecule has 3 aliphatic rings. The number of rotatable bonds is 7. The van der Waals surface area contributed by atoms with E-state index in [2.05, 4.69) is 252 Å². The van der Waals surface area contributed by atoms with Crippen LogP contribution < -0.4 is 9.80 Å². The van der Waals surface area contributed by atoms with E-state index in [1.54, 1.807) is 0 Å². The average Bonchev–Trinajstić information content (AvgIpc) is 3.84. The highest BCUT2D eigenvalue weighted by Gasteiger charge is 2.46. The van der Waals surface area contributed by atoms with Gasteiger partial charge in [0.15, 0.2) is 0 Å². The summed E-state index contributed by atoms with van der Waals surface area (Å²) in [6, 6.07) is 80.9. The van der Waals surface area contributed by atoms with Crippen molar-refractivity contribution >= 4 is 39.2 Å². The molecule has 9 aromatic rings. The molecule has 0 amide bonds. The molecule has 2 nitrogen and oxygen atoms in total. The van der Waals surface area contributed by atoms with Crippen LogP contribution in [0.3, 0.4) is 0 Å². The molecule has 1 heterocycles. The van der Waals surface area contributed by atoms with E-state index >= 15 is 0 Å². The Morgan fingerprint density at radius 1 is 0.410 bits per heavy atom. The van der Waals surface area contributed by atoms with Crippen LogP contribution >= 0.6 is 0 Å². The maximum atomic E-state index is 2.51. The van der Waals surface area contributed by atoms with Crippen LogP contribution in [0.15, 0.2) is 243 Å². The van der Waals surface area contributed by atoms with Crippen molar-refractivity contribution < 1.29 is 0 Å². The van der Waals surface area contributed by atoms with Crippen molar-refractivity contribution in [3.63, 3.8) is 0 Å². The Balaban J connectivity index is 1.03. The Kier molecular flexibility index (Phi) is 8.24. The van der Waals surface area contributed by atoms with Crippen molar-refractivity contribution in [2.24, 2.45) is 0 Å². The number of benzene rings is 9. The minimum atomic E-state index is -0.462. The van der Waals surface area contributed by atoms with E-state index in [1.165, 1.54) is 72.2 Å². The lowest BCUT2D eigenvalue weighted by atomic mass is 9.68. The Bertz CT molecular complexity index is 3100. The lowest BCUT2D eigenvalue weighted by Crippen LogP contribution is -2.28. The summed E-state index contributed by atoms with van der Waals surface area (Å²) in [7, 11) is 0. The second kappa shape index (κ2) is 14.3. The highest BCUT2D eigenvalue weighted by atomic mass is 15.2. The molecule has 2 atom stereocenters. The van der Waals surface area contributed by atoms with Gasteiger partial charge in [-0.25, -0.2) is 0 Å². The van der Waals surface area contributed by atoms with Crippen LogP contribution in [0.1, 0.15) is 33.7 Å². The van der Waals surface area contributed by atoms with E-state index < -0.39 is 5.41 Å². The zero-order valence-electron chi connectivity index (χ0n) is 33.6. The zero-order valence-corrected chi connectivity index (χ0v) is 33.6. The normalized spacial score (nSPS) is 16.5. The molecule has 2 unspecified atom stereocenters. The predicted octanol–water partition coefficient (Wildman–Crippen LogP) is 15.1. The summed E-state index contributed by atoms with van der Waals surface area (Å²) < 4.78 is 0. The minimum absolute atomic E-state index is 0.245. The molecule has 288 valence electrons. The number of para-hydroxylation sites is 1. The number of hydrogen-bond acceptors (Lipinski definition) is 2. The summed E-state index contributed by atoms with van der Waals surface area (Å²) in [5.74, 6) is 0.336. The van der Waals surface area contributed by atoms with Crippen molar-refractivity contribution in [1.82, 2.24) is 0 Å². The molecule has 2 heteroatoms. The van der Waals surface area contributed by atoms with Crippen molar-refractivity contribution in [3.05, 3.63) is 271 Å². The highest BCUT2D eigenvalue weighted by molar-refractivity contribution is 6.06. The van der Waals surface area contributed by atoms with Crippen LogP contribution in [-0.4, -0.2) is 6.04 Å². The first-order valence-corrected chi connectivity index (χ1v) is 21.3. The standard InChI is InChI=1S/C59H42N2/c1-3-17-41(18-4-1)47-39-40-58(51-24-8-7-21-48(47)51)60(45-35-37-46(38-36-45)61-56-29-15-11-25-52(56)53-26-12-16-30-57(53)61)44-33-31-43(32-34-44)59(42-19-5-2-6-20-42)54-27-13-9-22-49(54)50-23-10-14-28-55(50)59/h1-40,52,56H. The van der Waals surface area contributed by atoms with Crippen LogP contribution in [-0.2, 0) is 5.41 Å². The number of anilines is 5. The molecule has 0 spiro atoms. The summed E-state index contributed by atoms with van der Waals surface area (Å²) in [5.41, 5.74) is 16.9. The fourth-order valence-corrected chi connectivity index (χ4v) is 10.7. The first kappa shape index (κ1) is 35.3. The molecule has 9 aromatic carbocycles. The fourth-order valence-electron chi connectivity index (χ4n) is 10.7. The Labute approximate surface area is 357 Å². The van der Waals surface area contributed by atoms with Crippen molar-refractivity contribution in [3.8, 4) is 22.3 Å². The van der Waals surface area contributed by atoms with Crippen molar-refractivity contribution in [2.75, 3.05) is 9.80 Å². The van der Waals surface area contributed by atoms with E-state index in [9.17, 15) is 0 Å². The monoisotopic (exact) mass is 778 g/mol. The zero-order chi connectivity index (χ0) is 40.3. The van der Waals surface area contributed by atoms with Gasteiger partial charge in [-0.05, 0) is 104 Å². The van der Waals surface area contributed by atoms with Gasteiger partial charge in [-0.15, -0.1) is 0 Å². The first-order valence-electron chi connectivity index (χ1n) is 21.3. The smallest absolute Gasteiger partial charge is 0.0713 e. The number of hydrogen-bond donors (Lipinski definition) is 0. The quantitative estimate of drug-likeness (QED) is 0.159. The van der Waals surface area contributed by atoms with Gasteiger partial charge in [-0.3, -0.25) is 0 Å². The number of fused-ring (bicyclic) bond motifs is 7.